The van der Waals surface area contributed by atoms with Gasteiger partial charge in [0.05, 0.1) is 23.4 Å². The van der Waals surface area contributed by atoms with Gasteiger partial charge in [-0.25, -0.2) is 4.79 Å². The molecule has 3 N–H and O–H groups in total. The van der Waals surface area contributed by atoms with E-state index in [0.717, 1.165) is 19.6 Å². The van der Waals surface area contributed by atoms with E-state index in [2.05, 4.69) is 34.7 Å². The Bertz CT molecular complexity index is 592. The van der Waals surface area contributed by atoms with Gasteiger partial charge in [0.15, 0.2) is 0 Å². The lowest BCUT2D eigenvalue weighted by Crippen LogP contribution is -2.35. The Morgan fingerprint density at radius 1 is 1.16 bits per heavy atom. The largest absolute Gasteiger partial charge is 0.496 e. The second-order valence-electron chi connectivity index (χ2n) is 5.30. The maximum absolute atomic E-state index is 12.4. The van der Waals surface area contributed by atoms with Gasteiger partial charge in [0, 0.05) is 25.7 Å². The van der Waals surface area contributed by atoms with Crippen LogP contribution < -0.4 is 20.7 Å². The average Bonchev–Trinajstić information content (AvgIpc) is 2.60. The first kappa shape index (κ1) is 21.1. The van der Waals surface area contributed by atoms with Gasteiger partial charge in [-0.15, -0.1) is 0 Å². The molecule has 0 aliphatic heterocycles. The van der Waals surface area contributed by atoms with Crippen LogP contribution in [0, 0.1) is 0 Å². The van der Waals surface area contributed by atoms with Crippen molar-refractivity contribution in [2.75, 3.05) is 45.2 Å². The van der Waals surface area contributed by atoms with Crippen LogP contribution in [0.2, 0.25) is 5.02 Å². The third kappa shape index (κ3) is 6.43. The van der Waals surface area contributed by atoms with Gasteiger partial charge in [-0.2, -0.15) is 0 Å². The molecular weight excluding hydrogens is 344 g/mol. The molecule has 0 saturated carbocycles. The summed E-state index contributed by atoms with van der Waals surface area (Å²) in [5.74, 6) is 0.0759. The quantitative estimate of drug-likeness (QED) is 0.624. The predicted molar refractivity (Wildman–Crippen MR) is 101 cm³/mol. The van der Waals surface area contributed by atoms with Gasteiger partial charge in [0.2, 0.25) is 0 Å². The van der Waals surface area contributed by atoms with Crippen molar-refractivity contribution in [1.29, 1.82) is 0 Å². The van der Waals surface area contributed by atoms with E-state index in [1.807, 2.05) is 6.92 Å². The minimum absolute atomic E-state index is 0.265. The molecule has 1 aromatic carbocycles. The van der Waals surface area contributed by atoms with E-state index in [4.69, 9.17) is 16.3 Å². The number of hydrogen-bond donors (Lipinski definition) is 3. The minimum Gasteiger partial charge on any atom is -0.496 e. The molecule has 25 heavy (non-hydrogen) atoms. The van der Waals surface area contributed by atoms with Crippen molar-refractivity contribution in [2.45, 2.75) is 20.8 Å². The summed E-state index contributed by atoms with van der Waals surface area (Å²) in [5.41, 5.74) is 0.706. The van der Waals surface area contributed by atoms with Crippen LogP contribution in [0.4, 0.5) is 10.5 Å². The Morgan fingerprint density at radius 2 is 1.84 bits per heavy atom. The topological polar surface area (TPSA) is 82.7 Å². The van der Waals surface area contributed by atoms with E-state index >= 15 is 0 Å². The number of likely N-dealkylation sites (N-methyl/N-ethyl adjacent to an activating group) is 1. The average molecular weight is 371 g/mol. The molecule has 0 unspecified atom stereocenters. The first-order valence-electron chi connectivity index (χ1n) is 8.39. The number of benzene rings is 1. The van der Waals surface area contributed by atoms with Gasteiger partial charge < -0.3 is 25.6 Å². The molecule has 3 amide bonds. The second kappa shape index (κ2) is 10.8. The van der Waals surface area contributed by atoms with Crippen LogP contribution in [0.5, 0.6) is 5.75 Å². The predicted octanol–water partition coefficient (Wildman–Crippen LogP) is 2.56. The standard InChI is InChI=1S/C17H27ClN4O3/c1-5-19-17(24)21-14-11-15(25-4)12(10-13(14)18)16(23)20-8-9-22(6-2)7-3/h10-11H,5-9H2,1-4H3,(H,20,23)(H2,19,21,24). The highest BCUT2D eigenvalue weighted by atomic mass is 35.5. The Hall–Kier alpha value is -1.99. The van der Waals surface area contributed by atoms with Crippen molar-refractivity contribution in [3.05, 3.63) is 22.7 Å². The molecule has 0 fully saturated rings. The summed E-state index contributed by atoms with van der Waals surface area (Å²) in [4.78, 5) is 26.3. The number of carbonyl (C=O) groups excluding carboxylic acids is 2. The molecule has 0 aliphatic rings. The number of ether oxygens (including phenoxy) is 1. The van der Waals surface area contributed by atoms with Gasteiger partial charge in [0.25, 0.3) is 5.91 Å². The molecular formula is C17H27ClN4O3. The van der Waals surface area contributed by atoms with Gasteiger partial charge in [-0.3, -0.25) is 4.79 Å². The highest BCUT2D eigenvalue weighted by molar-refractivity contribution is 6.34. The maximum Gasteiger partial charge on any atom is 0.319 e. The molecule has 1 aromatic rings. The Kier molecular flexibility index (Phi) is 9.08. The fourth-order valence-electron chi connectivity index (χ4n) is 2.29. The third-order valence-electron chi connectivity index (χ3n) is 3.73. The number of anilines is 1. The number of rotatable bonds is 9. The lowest BCUT2D eigenvalue weighted by atomic mass is 10.1. The monoisotopic (exact) mass is 370 g/mol. The highest BCUT2D eigenvalue weighted by Crippen LogP contribution is 2.31. The molecule has 0 spiro atoms. The van der Waals surface area contributed by atoms with E-state index in [0.29, 0.717) is 30.1 Å². The molecule has 0 bridgehead atoms. The van der Waals surface area contributed by atoms with Crippen LogP contribution in [-0.4, -0.2) is 56.7 Å². The molecule has 7 nitrogen and oxygen atoms in total. The van der Waals surface area contributed by atoms with Crippen LogP contribution in [-0.2, 0) is 0 Å². The zero-order valence-corrected chi connectivity index (χ0v) is 16.0. The van der Waals surface area contributed by atoms with Gasteiger partial charge in [-0.1, -0.05) is 25.4 Å². The van der Waals surface area contributed by atoms with Gasteiger partial charge in [0.1, 0.15) is 5.75 Å². The lowest BCUT2D eigenvalue weighted by Gasteiger charge is -2.18. The minimum atomic E-state index is -0.372. The van der Waals surface area contributed by atoms with E-state index in [-0.39, 0.29) is 17.0 Å². The number of amides is 3. The van der Waals surface area contributed by atoms with Crippen molar-refractivity contribution in [3.63, 3.8) is 0 Å². The normalized spacial score (nSPS) is 10.5. The molecule has 140 valence electrons. The SMILES string of the molecule is CCNC(=O)Nc1cc(OC)c(C(=O)NCCN(CC)CC)cc1Cl. The summed E-state index contributed by atoms with van der Waals surface area (Å²) in [6.45, 7) is 9.62. The van der Waals surface area contributed by atoms with Crippen molar-refractivity contribution in [3.8, 4) is 5.75 Å². The van der Waals surface area contributed by atoms with E-state index in [1.54, 1.807) is 0 Å². The summed E-state index contributed by atoms with van der Waals surface area (Å²) < 4.78 is 5.27. The number of carbonyl (C=O) groups is 2. The number of hydrogen-bond acceptors (Lipinski definition) is 4. The second-order valence-corrected chi connectivity index (χ2v) is 5.71. The van der Waals surface area contributed by atoms with Gasteiger partial charge in [-0.05, 0) is 26.1 Å². The molecule has 0 aliphatic carbocycles. The van der Waals surface area contributed by atoms with E-state index in [1.165, 1.54) is 19.2 Å². The van der Waals surface area contributed by atoms with E-state index in [9.17, 15) is 9.59 Å². The summed E-state index contributed by atoms with van der Waals surface area (Å²) in [6, 6.07) is 2.66. The molecule has 0 aromatic heterocycles. The smallest absolute Gasteiger partial charge is 0.319 e. The number of urea groups is 1. The van der Waals surface area contributed by atoms with Crippen LogP contribution in [0.25, 0.3) is 0 Å². The zero-order valence-electron chi connectivity index (χ0n) is 15.2. The van der Waals surface area contributed by atoms with Crippen LogP contribution in [0.15, 0.2) is 12.1 Å². The van der Waals surface area contributed by atoms with Crippen LogP contribution in [0.3, 0.4) is 0 Å². The molecule has 0 saturated heterocycles. The molecule has 0 heterocycles. The number of halogens is 1. The fraction of sp³-hybridized carbons (Fsp3) is 0.529. The summed E-state index contributed by atoms with van der Waals surface area (Å²) >= 11 is 6.19. The van der Waals surface area contributed by atoms with Crippen molar-refractivity contribution < 1.29 is 14.3 Å². The van der Waals surface area contributed by atoms with Crippen LogP contribution >= 0.6 is 11.6 Å². The van der Waals surface area contributed by atoms with Crippen molar-refractivity contribution in [1.82, 2.24) is 15.5 Å². The summed E-state index contributed by atoms with van der Waals surface area (Å²) in [5, 5.41) is 8.36. The molecule has 0 atom stereocenters. The van der Waals surface area contributed by atoms with Crippen molar-refractivity contribution in [2.24, 2.45) is 0 Å². The molecule has 1 rings (SSSR count). The highest BCUT2D eigenvalue weighted by Gasteiger charge is 2.17. The van der Waals surface area contributed by atoms with E-state index < -0.39 is 0 Å². The summed E-state index contributed by atoms with van der Waals surface area (Å²) in [6.07, 6.45) is 0. The first-order valence-corrected chi connectivity index (χ1v) is 8.77. The lowest BCUT2D eigenvalue weighted by molar-refractivity contribution is 0.0946. The number of methoxy groups -OCH3 is 1. The number of nitrogens with one attached hydrogen (secondary N) is 3. The van der Waals surface area contributed by atoms with Crippen molar-refractivity contribution >= 4 is 29.2 Å². The Morgan fingerprint density at radius 3 is 2.40 bits per heavy atom. The third-order valence-corrected chi connectivity index (χ3v) is 4.04. The number of nitrogens with zero attached hydrogens (tertiary/aromatic N) is 1. The Labute approximate surface area is 154 Å². The molecule has 0 radical (unpaired) electrons. The zero-order chi connectivity index (χ0) is 18.8. The fourth-order valence-corrected chi connectivity index (χ4v) is 2.50. The first-order chi connectivity index (χ1) is 12.0. The Balaban J connectivity index is 2.83. The maximum atomic E-state index is 12.4. The van der Waals surface area contributed by atoms with Crippen LogP contribution in [0.1, 0.15) is 31.1 Å². The van der Waals surface area contributed by atoms with Gasteiger partial charge >= 0.3 is 6.03 Å². The summed E-state index contributed by atoms with van der Waals surface area (Å²) in [7, 11) is 1.46. The molecule has 8 heteroatoms.